The van der Waals surface area contributed by atoms with E-state index in [0.717, 1.165) is 45.2 Å². The van der Waals surface area contributed by atoms with E-state index in [9.17, 15) is 0 Å². The minimum atomic E-state index is 0.227. The van der Waals surface area contributed by atoms with Gasteiger partial charge in [-0.25, -0.2) is 0 Å². The smallest absolute Gasteiger partial charge is 0.0477 e. The lowest BCUT2D eigenvalue weighted by atomic mass is 9.99. The van der Waals surface area contributed by atoms with Crippen LogP contribution in [0, 0.1) is 5.92 Å². The molecule has 0 aromatic rings. The van der Waals surface area contributed by atoms with Crippen molar-refractivity contribution in [1.29, 1.82) is 0 Å². The number of likely N-dealkylation sites (N-methyl/N-ethyl adjacent to an activating group) is 1. The Morgan fingerprint density at radius 2 is 2.12 bits per heavy atom. The molecule has 16 heavy (non-hydrogen) atoms. The molecule has 0 aromatic heterocycles. The van der Waals surface area contributed by atoms with Crippen molar-refractivity contribution in [2.75, 3.05) is 47.1 Å². The third-order valence-corrected chi connectivity index (χ3v) is 3.15. The number of hydrogen-bond acceptors (Lipinski definition) is 4. The Kier molecular flexibility index (Phi) is 6.96. The molecule has 1 aliphatic rings. The number of nitrogens with two attached hydrogens (primary N) is 1. The number of nitrogens with zero attached hydrogens (tertiary/aromatic N) is 1. The third kappa shape index (κ3) is 5.80. The maximum atomic E-state index is 6.02. The van der Waals surface area contributed by atoms with Crippen LogP contribution < -0.4 is 5.73 Å². The van der Waals surface area contributed by atoms with Crippen LogP contribution >= 0.6 is 0 Å². The molecular formula is C12H26N2O2. The summed E-state index contributed by atoms with van der Waals surface area (Å²) in [7, 11) is 3.88. The van der Waals surface area contributed by atoms with Crippen molar-refractivity contribution in [3.63, 3.8) is 0 Å². The molecule has 4 heteroatoms. The van der Waals surface area contributed by atoms with Crippen LogP contribution in [0.1, 0.15) is 19.3 Å². The molecule has 1 heterocycles. The van der Waals surface area contributed by atoms with Gasteiger partial charge < -0.3 is 20.1 Å². The van der Waals surface area contributed by atoms with E-state index in [4.69, 9.17) is 15.2 Å². The average molecular weight is 230 g/mol. The molecule has 2 N–H and O–H groups in total. The summed E-state index contributed by atoms with van der Waals surface area (Å²) in [6.07, 6.45) is 3.32. The van der Waals surface area contributed by atoms with Gasteiger partial charge in [0.1, 0.15) is 0 Å². The molecule has 1 aliphatic heterocycles. The van der Waals surface area contributed by atoms with Crippen molar-refractivity contribution in [1.82, 2.24) is 4.90 Å². The van der Waals surface area contributed by atoms with E-state index >= 15 is 0 Å². The summed E-state index contributed by atoms with van der Waals surface area (Å²) in [6, 6.07) is 0.227. The second-order valence-corrected chi connectivity index (χ2v) is 4.82. The first-order chi connectivity index (χ1) is 7.72. The average Bonchev–Trinajstić information content (AvgIpc) is 2.27. The lowest BCUT2D eigenvalue weighted by Crippen LogP contribution is -2.39. The Labute approximate surface area is 99.1 Å². The Bertz CT molecular complexity index is 172. The molecule has 1 saturated heterocycles. The van der Waals surface area contributed by atoms with Crippen LogP contribution in [0.25, 0.3) is 0 Å². The minimum Gasteiger partial charge on any atom is -0.385 e. The molecule has 0 saturated carbocycles. The summed E-state index contributed by atoms with van der Waals surface area (Å²) < 4.78 is 10.4. The van der Waals surface area contributed by atoms with E-state index < -0.39 is 0 Å². The minimum absolute atomic E-state index is 0.227. The molecule has 4 nitrogen and oxygen atoms in total. The molecule has 0 bridgehead atoms. The van der Waals surface area contributed by atoms with Gasteiger partial charge in [0.05, 0.1) is 0 Å². The van der Waals surface area contributed by atoms with Gasteiger partial charge in [-0.1, -0.05) is 0 Å². The first kappa shape index (κ1) is 13.9. The van der Waals surface area contributed by atoms with E-state index in [1.54, 1.807) is 7.11 Å². The van der Waals surface area contributed by atoms with E-state index in [0.29, 0.717) is 0 Å². The predicted molar refractivity (Wildman–Crippen MR) is 65.5 cm³/mol. The summed E-state index contributed by atoms with van der Waals surface area (Å²) in [5.41, 5.74) is 6.02. The van der Waals surface area contributed by atoms with Crippen LogP contribution in [0.15, 0.2) is 0 Å². The summed E-state index contributed by atoms with van der Waals surface area (Å²) in [5, 5.41) is 0. The number of hydrogen-bond donors (Lipinski definition) is 1. The highest BCUT2D eigenvalue weighted by Gasteiger charge is 2.16. The van der Waals surface area contributed by atoms with Crippen LogP contribution in [0.2, 0.25) is 0 Å². The Hall–Kier alpha value is -0.160. The highest BCUT2D eigenvalue weighted by molar-refractivity contribution is 4.71. The van der Waals surface area contributed by atoms with Crippen molar-refractivity contribution in [3.05, 3.63) is 0 Å². The van der Waals surface area contributed by atoms with Gasteiger partial charge in [-0.3, -0.25) is 0 Å². The van der Waals surface area contributed by atoms with Crippen molar-refractivity contribution in [2.24, 2.45) is 11.7 Å². The van der Waals surface area contributed by atoms with Crippen LogP contribution in [-0.2, 0) is 9.47 Å². The van der Waals surface area contributed by atoms with Crippen molar-refractivity contribution in [2.45, 2.75) is 25.3 Å². The molecule has 0 aromatic carbocycles. The normalized spacial score (nSPS) is 20.2. The van der Waals surface area contributed by atoms with E-state index in [-0.39, 0.29) is 6.04 Å². The van der Waals surface area contributed by atoms with Crippen molar-refractivity contribution >= 4 is 0 Å². The van der Waals surface area contributed by atoms with Gasteiger partial charge in [-0.05, 0) is 32.2 Å². The highest BCUT2D eigenvalue weighted by atomic mass is 16.5. The summed E-state index contributed by atoms with van der Waals surface area (Å²) in [6.45, 7) is 4.71. The molecule has 0 aliphatic carbocycles. The molecule has 1 rings (SSSR count). The van der Waals surface area contributed by atoms with E-state index in [2.05, 4.69) is 11.9 Å². The molecule has 1 fully saturated rings. The van der Waals surface area contributed by atoms with Gasteiger partial charge in [0.25, 0.3) is 0 Å². The fourth-order valence-corrected chi connectivity index (χ4v) is 2.21. The van der Waals surface area contributed by atoms with Gasteiger partial charge in [0.2, 0.25) is 0 Å². The standard InChI is InChI=1S/C12H26N2O2/c1-14(10-12(13)5-6-15-2)9-11-3-7-16-8-4-11/h11-12H,3-10,13H2,1-2H3. The van der Waals surface area contributed by atoms with Gasteiger partial charge in [-0.2, -0.15) is 0 Å². The van der Waals surface area contributed by atoms with E-state index in [1.165, 1.54) is 12.8 Å². The zero-order chi connectivity index (χ0) is 11.8. The first-order valence-electron chi connectivity index (χ1n) is 6.23. The third-order valence-electron chi connectivity index (χ3n) is 3.15. The molecular weight excluding hydrogens is 204 g/mol. The zero-order valence-electron chi connectivity index (χ0n) is 10.7. The van der Waals surface area contributed by atoms with Crippen LogP contribution in [-0.4, -0.2) is 58.0 Å². The maximum Gasteiger partial charge on any atom is 0.0477 e. The van der Waals surface area contributed by atoms with Crippen molar-refractivity contribution < 1.29 is 9.47 Å². The fraction of sp³-hybridized carbons (Fsp3) is 1.00. The number of ether oxygens (including phenoxy) is 2. The second-order valence-electron chi connectivity index (χ2n) is 4.82. The van der Waals surface area contributed by atoms with Gasteiger partial charge in [-0.15, -0.1) is 0 Å². The van der Waals surface area contributed by atoms with Crippen LogP contribution in [0.3, 0.4) is 0 Å². The Balaban J connectivity index is 2.11. The Morgan fingerprint density at radius 1 is 1.44 bits per heavy atom. The summed E-state index contributed by atoms with van der Waals surface area (Å²) in [4.78, 5) is 2.34. The quantitative estimate of drug-likeness (QED) is 0.700. The first-order valence-corrected chi connectivity index (χ1v) is 6.23. The lowest BCUT2D eigenvalue weighted by Gasteiger charge is -2.28. The van der Waals surface area contributed by atoms with Crippen LogP contribution in [0.5, 0.6) is 0 Å². The number of rotatable bonds is 7. The van der Waals surface area contributed by atoms with Crippen molar-refractivity contribution in [3.8, 4) is 0 Å². The topological polar surface area (TPSA) is 47.7 Å². The number of methoxy groups -OCH3 is 1. The largest absolute Gasteiger partial charge is 0.385 e. The molecule has 1 atom stereocenters. The zero-order valence-corrected chi connectivity index (χ0v) is 10.7. The maximum absolute atomic E-state index is 6.02. The van der Waals surface area contributed by atoms with Crippen LogP contribution in [0.4, 0.5) is 0 Å². The van der Waals surface area contributed by atoms with E-state index in [1.807, 2.05) is 0 Å². The van der Waals surface area contributed by atoms with Gasteiger partial charge in [0.15, 0.2) is 0 Å². The summed E-state index contributed by atoms with van der Waals surface area (Å²) in [5.74, 6) is 0.786. The second kappa shape index (κ2) is 8.01. The fourth-order valence-electron chi connectivity index (χ4n) is 2.21. The molecule has 0 radical (unpaired) electrons. The summed E-state index contributed by atoms with van der Waals surface area (Å²) >= 11 is 0. The lowest BCUT2D eigenvalue weighted by molar-refractivity contribution is 0.0547. The SMILES string of the molecule is COCCC(N)CN(C)CC1CCOCC1. The monoisotopic (exact) mass is 230 g/mol. The molecule has 1 unspecified atom stereocenters. The molecule has 0 spiro atoms. The van der Waals surface area contributed by atoms with Gasteiger partial charge in [0, 0.05) is 46.1 Å². The molecule has 0 amide bonds. The highest BCUT2D eigenvalue weighted by Crippen LogP contribution is 2.15. The molecule has 96 valence electrons. The Morgan fingerprint density at radius 3 is 2.75 bits per heavy atom. The van der Waals surface area contributed by atoms with Gasteiger partial charge >= 0.3 is 0 Å². The predicted octanol–water partition coefficient (Wildman–Crippen LogP) is 0.709.